The van der Waals surface area contributed by atoms with Gasteiger partial charge in [0.2, 0.25) is 0 Å². The molecule has 1 aromatic carbocycles. The number of aromatic amines is 1. The van der Waals surface area contributed by atoms with Gasteiger partial charge < -0.3 is 4.90 Å². The summed E-state index contributed by atoms with van der Waals surface area (Å²) < 4.78 is 1.47. The number of carbonyl (C=O) groups is 1. The Morgan fingerprint density at radius 2 is 2.13 bits per heavy atom. The summed E-state index contributed by atoms with van der Waals surface area (Å²) in [6.45, 7) is 2.39. The van der Waals surface area contributed by atoms with Crippen molar-refractivity contribution >= 4 is 5.91 Å². The zero-order valence-electron chi connectivity index (χ0n) is 12.9. The van der Waals surface area contributed by atoms with Crippen molar-refractivity contribution in [3.05, 3.63) is 59.7 Å². The van der Waals surface area contributed by atoms with E-state index in [2.05, 4.69) is 25.7 Å². The number of nitrogens with one attached hydrogen (secondary N) is 1. The van der Waals surface area contributed by atoms with Gasteiger partial charge in [0.25, 0.3) is 5.91 Å². The van der Waals surface area contributed by atoms with Crippen LogP contribution < -0.4 is 0 Å². The molecule has 1 atom stereocenters. The fourth-order valence-electron chi connectivity index (χ4n) is 2.41. The lowest BCUT2D eigenvalue weighted by Crippen LogP contribution is -2.35. The normalized spacial score (nSPS) is 12.1. The van der Waals surface area contributed by atoms with Crippen molar-refractivity contribution in [1.82, 2.24) is 35.3 Å². The van der Waals surface area contributed by atoms with Gasteiger partial charge in [0, 0.05) is 24.8 Å². The van der Waals surface area contributed by atoms with E-state index in [1.165, 1.54) is 11.0 Å². The number of aromatic nitrogens is 6. The second-order valence-electron chi connectivity index (χ2n) is 5.32. The summed E-state index contributed by atoms with van der Waals surface area (Å²) in [7, 11) is 1.76. The van der Waals surface area contributed by atoms with Crippen molar-refractivity contribution in [3.8, 4) is 0 Å². The molecule has 118 valence electrons. The first-order valence-corrected chi connectivity index (χ1v) is 7.18. The molecular weight excluding hydrogens is 294 g/mol. The minimum absolute atomic E-state index is 0.0934. The molecule has 0 aliphatic carbocycles. The highest BCUT2D eigenvalue weighted by Gasteiger charge is 2.27. The van der Waals surface area contributed by atoms with E-state index in [0.717, 1.165) is 16.8 Å². The Hall–Kier alpha value is -3.03. The van der Waals surface area contributed by atoms with E-state index in [1.807, 2.05) is 37.3 Å². The predicted octanol–water partition coefficient (Wildman–Crippen LogP) is 0.953. The molecule has 0 aliphatic heterocycles. The summed E-state index contributed by atoms with van der Waals surface area (Å²) in [5.74, 6) is -0.0934. The predicted molar refractivity (Wildman–Crippen MR) is 82.2 cm³/mol. The number of rotatable bonds is 5. The standard InChI is InChI=1S/C15H17N7O/c1-11-13(8-16-18-11)9-21(2)15(23)14(22-10-17-19-20-22)12-6-4-3-5-7-12/h3-8,10,14H,9H2,1-2H3,(H,16,18)/t14-/m0/s1. The van der Waals surface area contributed by atoms with Crippen molar-refractivity contribution in [2.75, 3.05) is 7.05 Å². The highest BCUT2D eigenvalue weighted by Crippen LogP contribution is 2.20. The van der Waals surface area contributed by atoms with Crippen LogP contribution in [-0.4, -0.2) is 48.3 Å². The molecule has 1 N–H and O–H groups in total. The second kappa shape index (κ2) is 6.39. The lowest BCUT2D eigenvalue weighted by Gasteiger charge is -2.23. The lowest BCUT2D eigenvalue weighted by molar-refractivity contribution is -0.133. The number of hydrogen-bond donors (Lipinski definition) is 1. The van der Waals surface area contributed by atoms with Crippen LogP contribution in [0.5, 0.6) is 0 Å². The number of likely N-dealkylation sites (N-methyl/N-ethyl adjacent to an activating group) is 1. The van der Waals surface area contributed by atoms with E-state index in [9.17, 15) is 4.79 Å². The number of amides is 1. The Morgan fingerprint density at radius 3 is 2.74 bits per heavy atom. The molecule has 0 unspecified atom stereocenters. The molecule has 0 saturated carbocycles. The highest BCUT2D eigenvalue weighted by molar-refractivity contribution is 5.83. The molecule has 2 heterocycles. The van der Waals surface area contributed by atoms with Crippen molar-refractivity contribution < 1.29 is 4.79 Å². The first-order chi connectivity index (χ1) is 11.2. The molecule has 0 fully saturated rings. The quantitative estimate of drug-likeness (QED) is 0.757. The summed E-state index contributed by atoms with van der Waals surface area (Å²) in [5, 5.41) is 18.1. The van der Waals surface area contributed by atoms with Gasteiger partial charge in [-0.2, -0.15) is 5.10 Å². The van der Waals surface area contributed by atoms with E-state index in [1.54, 1.807) is 18.1 Å². The lowest BCUT2D eigenvalue weighted by atomic mass is 10.1. The van der Waals surface area contributed by atoms with E-state index in [0.29, 0.717) is 6.54 Å². The Balaban J connectivity index is 1.87. The van der Waals surface area contributed by atoms with Gasteiger partial charge in [-0.05, 0) is 22.9 Å². The van der Waals surface area contributed by atoms with E-state index >= 15 is 0 Å². The zero-order valence-corrected chi connectivity index (χ0v) is 12.9. The Morgan fingerprint density at radius 1 is 1.35 bits per heavy atom. The Kier molecular flexibility index (Phi) is 4.13. The molecule has 0 saturated heterocycles. The van der Waals surface area contributed by atoms with E-state index < -0.39 is 6.04 Å². The van der Waals surface area contributed by atoms with Crippen molar-refractivity contribution in [1.29, 1.82) is 0 Å². The molecule has 0 bridgehead atoms. The van der Waals surface area contributed by atoms with Crippen molar-refractivity contribution in [3.63, 3.8) is 0 Å². The number of tetrazole rings is 1. The molecular formula is C15H17N7O. The highest BCUT2D eigenvalue weighted by atomic mass is 16.2. The summed E-state index contributed by atoms with van der Waals surface area (Å²) >= 11 is 0. The van der Waals surface area contributed by atoms with Gasteiger partial charge in [0.1, 0.15) is 6.33 Å². The molecule has 23 heavy (non-hydrogen) atoms. The third-order valence-electron chi connectivity index (χ3n) is 3.70. The average Bonchev–Trinajstić information content (AvgIpc) is 3.21. The molecule has 3 aromatic rings. The van der Waals surface area contributed by atoms with Gasteiger partial charge in [-0.1, -0.05) is 30.3 Å². The molecule has 0 spiro atoms. The monoisotopic (exact) mass is 311 g/mol. The van der Waals surface area contributed by atoms with Gasteiger partial charge in [-0.15, -0.1) is 5.10 Å². The zero-order chi connectivity index (χ0) is 16.2. The largest absolute Gasteiger partial charge is 0.339 e. The van der Waals surface area contributed by atoms with E-state index in [4.69, 9.17) is 0 Å². The fraction of sp³-hybridized carbons (Fsp3) is 0.267. The molecule has 3 rings (SSSR count). The van der Waals surface area contributed by atoms with Gasteiger partial charge in [-0.25, -0.2) is 4.68 Å². The topological polar surface area (TPSA) is 92.6 Å². The van der Waals surface area contributed by atoms with Crippen LogP contribution in [-0.2, 0) is 11.3 Å². The third-order valence-corrected chi connectivity index (χ3v) is 3.70. The van der Waals surface area contributed by atoms with Crippen LogP contribution >= 0.6 is 0 Å². The smallest absolute Gasteiger partial charge is 0.252 e. The number of H-pyrrole nitrogens is 1. The van der Waals surface area contributed by atoms with Crippen molar-refractivity contribution in [2.45, 2.75) is 19.5 Å². The van der Waals surface area contributed by atoms with Gasteiger partial charge in [-0.3, -0.25) is 9.89 Å². The van der Waals surface area contributed by atoms with Crippen LogP contribution in [0, 0.1) is 6.92 Å². The maximum atomic E-state index is 13.0. The average molecular weight is 311 g/mol. The summed E-state index contributed by atoms with van der Waals surface area (Å²) in [6.07, 6.45) is 3.18. The van der Waals surface area contributed by atoms with Crippen LogP contribution in [0.4, 0.5) is 0 Å². The summed E-state index contributed by atoms with van der Waals surface area (Å²) in [5.41, 5.74) is 2.76. The van der Waals surface area contributed by atoms with Crippen molar-refractivity contribution in [2.24, 2.45) is 0 Å². The van der Waals surface area contributed by atoms with Gasteiger partial charge in [0.05, 0.1) is 6.20 Å². The molecule has 0 aliphatic rings. The number of carbonyl (C=O) groups excluding carboxylic acids is 1. The second-order valence-corrected chi connectivity index (χ2v) is 5.32. The van der Waals surface area contributed by atoms with Gasteiger partial charge in [0.15, 0.2) is 6.04 Å². The van der Waals surface area contributed by atoms with Crippen LogP contribution in [0.1, 0.15) is 22.9 Å². The van der Waals surface area contributed by atoms with Crippen LogP contribution in [0.3, 0.4) is 0 Å². The Bertz CT molecular complexity index is 766. The number of hydrogen-bond acceptors (Lipinski definition) is 5. The molecule has 0 radical (unpaired) electrons. The Labute approximate surface area is 133 Å². The number of aryl methyl sites for hydroxylation is 1. The first kappa shape index (κ1) is 14.9. The van der Waals surface area contributed by atoms with Crippen LogP contribution in [0.15, 0.2) is 42.9 Å². The molecule has 1 amide bonds. The molecule has 8 heteroatoms. The van der Waals surface area contributed by atoms with Crippen LogP contribution in [0.25, 0.3) is 0 Å². The summed E-state index contributed by atoms with van der Waals surface area (Å²) in [4.78, 5) is 14.6. The number of benzene rings is 1. The van der Waals surface area contributed by atoms with Crippen LogP contribution in [0.2, 0.25) is 0 Å². The summed E-state index contributed by atoms with van der Waals surface area (Å²) in [6, 6.07) is 8.87. The fourth-order valence-corrected chi connectivity index (χ4v) is 2.41. The maximum absolute atomic E-state index is 13.0. The minimum atomic E-state index is -0.594. The minimum Gasteiger partial charge on any atom is -0.339 e. The number of nitrogens with zero attached hydrogens (tertiary/aromatic N) is 6. The van der Waals surface area contributed by atoms with Gasteiger partial charge >= 0.3 is 0 Å². The molecule has 8 nitrogen and oxygen atoms in total. The SMILES string of the molecule is Cc1[nH]ncc1CN(C)C(=O)[C@H](c1ccccc1)n1cnnn1. The third kappa shape index (κ3) is 3.10. The maximum Gasteiger partial charge on any atom is 0.252 e. The van der Waals surface area contributed by atoms with E-state index in [-0.39, 0.29) is 5.91 Å². The molecule has 2 aromatic heterocycles. The first-order valence-electron chi connectivity index (χ1n) is 7.18.